The first-order valence-corrected chi connectivity index (χ1v) is 11.1. The van der Waals surface area contributed by atoms with Crippen LogP contribution in [-0.4, -0.2) is 33.8 Å². The van der Waals surface area contributed by atoms with E-state index in [4.69, 9.17) is 20.7 Å². The monoisotopic (exact) mass is 410 g/mol. The number of aromatic nitrogens is 3. The number of rotatable bonds is 3. The lowest BCUT2D eigenvalue weighted by molar-refractivity contribution is 0.186. The summed E-state index contributed by atoms with van der Waals surface area (Å²) in [7, 11) is 0. The molecule has 1 aliphatic carbocycles. The van der Waals surface area contributed by atoms with Gasteiger partial charge < -0.3 is 10.6 Å². The summed E-state index contributed by atoms with van der Waals surface area (Å²) < 4.78 is 0. The second-order valence-electron chi connectivity index (χ2n) is 8.99. The van der Waals surface area contributed by atoms with Gasteiger partial charge in [-0.1, -0.05) is 36.4 Å². The van der Waals surface area contributed by atoms with E-state index in [9.17, 15) is 0 Å². The minimum absolute atomic E-state index is 0.0819. The zero-order valence-corrected chi connectivity index (χ0v) is 17.5. The van der Waals surface area contributed by atoms with Crippen molar-refractivity contribution >= 4 is 11.5 Å². The van der Waals surface area contributed by atoms with Crippen LogP contribution < -0.4 is 10.6 Å². The maximum absolute atomic E-state index is 6.69. The van der Waals surface area contributed by atoms with Crippen LogP contribution in [0.5, 0.6) is 0 Å². The summed E-state index contributed by atoms with van der Waals surface area (Å²) in [4.78, 5) is 21.4. The van der Waals surface area contributed by atoms with Crippen molar-refractivity contribution in [2.45, 2.75) is 38.3 Å². The van der Waals surface area contributed by atoms with Crippen molar-refractivity contribution in [2.75, 3.05) is 18.0 Å². The zero-order valence-electron chi connectivity index (χ0n) is 17.5. The molecule has 0 unspecified atom stereocenters. The topological polar surface area (TPSA) is 80.3 Å². The van der Waals surface area contributed by atoms with Crippen molar-refractivity contribution in [3.8, 4) is 0 Å². The van der Waals surface area contributed by atoms with E-state index in [1.807, 2.05) is 24.5 Å². The predicted octanol–water partition coefficient (Wildman–Crippen LogP) is 3.26. The number of anilines is 1. The summed E-state index contributed by atoms with van der Waals surface area (Å²) in [5.41, 5.74) is 13.5. The van der Waals surface area contributed by atoms with Gasteiger partial charge in [-0.25, -0.2) is 9.97 Å². The van der Waals surface area contributed by atoms with E-state index in [1.54, 1.807) is 0 Å². The zero-order chi connectivity index (χ0) is 20.8. The number of nitrogens with two attached hydrogens (primary N) is 1. The van der Waals surface area contributed by atoms with Crippen LogP contribution in [0.3, 0.4) is 0 Å². The van der Waals surface area contributed by atoms with E-state index in [0.717, 1.165) is 61.7 Å². The minimum atomic E-state index is 0.0819. The van der Waals surface area contributed by atoms with Gasteiger partial charge in [0.2, 0.25) is 0 Å². The molecule has 1 spiro atoms. The van der Waals surface area contributed by atoms with Crippen molar-refractivity contribution in [1.29, 1.82) is 0 Å². The highest BCUT2D eigenvalue weighted by atomic mass is 15.2. The second kappa shape index (κ2) is 7.24. The predicted molar refractivity (Wildman–Crippen MR) is 121 cm³/mol. The van der Waals surface area contributed by atoms with Crippen molar-refractivity contribution < 1.29 is 0 Å². The van der Waals surface area contributed by atoms with Crippen LogP contribution >= 0.6 is 0 Å². The molecule has 6 rings (SSSR count). The molecular weight excluding hydrogens is 384 g/mol. The molecule has 6 heteroatoms. The van der Waals surface area contributed by atoms with E-state index < -0.39 is 0 Å². The molecule has 0 amide bonds. The molecule has 3 aliphatic rings. The lowest BCUT2D eigenvalue weighted by Crippen LogP contribution is -2.44. The Morgan fingerprint density at radius 1 is 1.00 bits per heavy atom. The number of pyridine rings is 1. The van der Waals surface area contributed by atoms with Crippen molar-refractivity contribution in [2.24, 2.45) is 16.1 Å². The van der Waals surface area contributed by atoms with Crippen LogP contribution in [0.4, 0.5) is 5.82 Å². The summed E-state index contributed by atoms with van der Waals surface area (Å²) in [5, 5.41) is 0. The summed E-state index contributed by atoms with van der Waals surface area (Å²) in [5.74, 6) is 0.965. The average Bonchev–Trinajstić information content (AvgIpc) is 3.33. The fourth-order valence-corrected chi connectivity index (χ4v) is 5.42. The highest BCUT2D eigenvalue weighted by molar-refractivity contribution is 6.02. The molecule has 2 aliphatic heterocycles. The fraction of sp³-hybridized carbons (Fsp3) is 0.360. The van der Waals surface area contributed by atoms with Gasteiger partial charge in [0.25, 0.3) is 0 Å². The van der Waals surface area contributed by atoms with Crippen molar-refractivity contribution in [3.05, 3.63) is 83.1 Å². The van der Waals surface area contributed by atoms with Crippen LogP contribution in [0.15, 0.2) is 59.9 Å². The molecule has 6 nitrogen and oxygen atoms in total. The van der Waals surface area contributed by atoms with Gasteiger partial charge in [0, 0.05) is 37.4 Å². The number of benzene rings is 1. The first-order valence-electron chi connectivity index (χ1n) is 11.1. The quantitative estimate of drug-likeness (QED) is 0.717. The smallest absolute Gasteiger partial charge is 0.147 e. The molecule has 31 heavy (non-hydrogen) atoms. The van der Waals surface area contributed by atoms with Gasteiger partial charge in [-0.05, 0) is 41.9 Å². The molecule has 0 radical (unpaired) electrons. The maximum atomic E-state index is 6.69. The molecule has 0 bridgehead atoms. The summed E-state index contributed by atoms with van der Waals surface area (Å²) in [6.45, 7) is 2.53. The standard InChI is InChI=1S/C25H26N6/c26-24-18-7-4-10-27-20(18)14-25(24)8-11-31(12-9-25)22-16-29-23-19(28-15-21(23)30-22)13-17-5-2-1-3-6-17/h1-7,10,16,24H,8-9,11-15,26H2/t24-/m1/s1. The Balaban J connectivity index is 1.16. The number of aliphatic imine (C=N–C) groups is 1. The van der Waals surface area contributed by atoms with Crippen molar-refractivity contribution in [3.63, 3.8) is 0 Å². The molecule has 156 valence electrons. The molecule has 1 aromatic carbocycles. The molecule has 3 aromatic rings. The molecule has 2 N–H and O–H groups in total. The maximum Gasteiger partial charge on any atom is 0.147 e. The van der Waals surface area contributed by atoms with Crippen LogP contribution in [0.2, 0.25) is 0 Å². The third-order valence-corrected chi connectivity index (χ3v) is 7.26. The number of piperidine rings is 1. The van der Waals surface area contributed by atoms with Gasteiger partial charge in [0.15, 0.2) is 0 Å². The van der Waals surface area contributed by atoms with Crippen LogP contribution in [0.25, 0.3) is 0 Å². The number of nitrogens with zero attached hydrogens (tertiary/aromatic N) is 5. The minimum Gasteiger partial charge on any atom is -0.355 e. The van der Waals surface area contributed by atoms with Gasteiger partial charge in [-0.3, -0.25) is 9.98 Å². The van der Waals surface area contributed by atoms with E-state index in [-0.39, 0.29) is 11.5 Å². The molecule has 1 atom stereocenters. The molecule has 1 fully saturated rings. The summed E-state index contributed by atoms with van der Waals surface area (Å²) in [6.07, 6.45) is 7.71. The van der Waals surface area contributed by atoms with Gasteiger partial charge >= 0.3 is 0 Å². The average molecular weight is 411 g/mol. The van der Waals surface area contributed by atoms with Crippen molar-refractivity contribution in [1.82, 2.24) is 15.0 Å². The third-order valence-electron chi connectivity index (χ3n) is 7.26. The number of hydrogen-bond acceptors (Lipinski definition) is 6. The second-order valence-corrected chi connectivity index (χ2v) is 8.99. The van der Waals surface area contributed by atoms with Gasteiger partial charge in [0.05, 0.1) is 24.1 Å². The SMILES string of the molecule is N[C@@H]1c2cccnc2CC12CCN(c1cnc3c(n1)CN=C3Cc1ccccc1)CC2. The summed E-state index contributed by atoms with van der Waals surface area (Å²) in [6, 6.07) is 14.7. The third kappa shape index (κ3) is 3.13. The first-order chi connectivity index (χ1) is 15.2. The first kappa shape index (κ1) is 18.6. The highest BCUT2D eigenvalue weighted by Crippen LogP contribution is 2.50. The van der Waals surface area contributed by atoms with E-state index in [0.29, 0.717) is 6.54 Å². The Bertz CT molecular complexity index is 1150. The van der Waals surface area contributed by atoms with Gasteiger partial charge in [-0.2, -0.15) is 0 Å². The lowest BCUT2D eigenvalue weighted by Gasteiger charge is -2.42. The van der Waals surface area contributed by atoms with E-state index >= 15 is 0 Å². The van der Waals surface area contributed by atoms with Gasteiger partial charge in [0.1, 0.15) is 11.5 Å². The Labute approximate surface area is 182 Å². The lowest BCUT2D eigenvalue weighted by atomic mass is 9.73. The Morgan fingerprint density at radius 2 is 1.84 bits per heavy atom. The summed E-state index contributed by atoms with van der Waals surface area (Å²) >= 11 is 0. The van der Waals surface area contributed by atoms with E-state index in [1.165, 1.54) is 16.8 Å². The van der Waals surface area contributed by atoms with Gasteiger partial charge in [-0.15, -0.1) is 0 Å². The Kier molecular flexibility index (Phi) is 4.35. The molecule has 2 aromatic heterocycles. The number of fused-ring (bicyclic) bond motifs is 2. The normalized spacial score (nSPS) is 21.1. The molecular formula is C25H26N6. The van der Waals surface area contributed by atoms with Crippen LogP contribution in [0.1, 0.15) is 47.1 Å². The Morgan fingerprint density at radius 3 is 2.65 bits per heavy atom. The largest absolute Gasteiger partial charge is 0.355 e. The highest BCUT2D eigenvalue weighted by Gasteiger charge is 2.46. The van der Waals surface area contributed by atoms with Crippen LogP contribution in [-0.2, 0) is 19.4 Å². The van der Waals surface area contributed by atoms with Crippen LogP contribution in [0, 0.1) is 5.41 Å². The molecule has 0 saturated carbocycles. The Hall–Kier alpha value is -3.12. The van der Waals surface area contributed by atoms with E-state index in [2.05, 4.69) is 40.2 Å². The molecule has 4 heterocycles. The molecule has 1 saturated heterocycles. The fourth-order valence-electron chi connectivity index (χ4n) is 5.42. The number of hydrogen-bond donors (Lipinski definition) is 1.